The van der Waals surface area contributed by atoms with Crippen molar-refractivity contribution in [2.24, 2.45) is 5.41 Å². The molecule has 11 heavy (non-hydrogen) atoms. The monoisotopic (exact) mass is 151 g/mol. The Morgan fingerprint density at radius 2 is 2.18 bits per heavy atom. The highest BCUT2D eigenvalue weighted by Crippen LogP contribution is 2.14. The van der Waals surface area contributed by atoms with Crippen molar-refractivity contribution >= 4 is 5.91 Å². The van der Waals surface area contributed by atoms with E-state index in [1.165, 1.54) is 4.68 Å². The molecule has 0 unspecified atom stereocenters. The maximum Gasteiger partial charge on any atom is 0.252 e. The van der Waals surface area contributed by atoms with Gasteiger partial charge in [0.25, 0.3) is 5.91 Å². The fourth-order valence-corrected chi connectivity index (χ4v) is 0.666. The molecule has 0 N–H and O–H groups in total. The molecule has 0 atom stereocenters. The first-order valence-corrected chi connectivity index (χ1v) is 3.48. The van der Waals surface area contributed by atoms with Crippen LogP contribution in [0.5, 0.6) is 0 Å². The van der Waals surface area contributed by atoms with E-state index in [0.29, 0.717) is 0 Å². The molecule has 0 aliphatic rings. The molecule has 1 rings (SSSR count). The van der Waals surface area contributed by atoms with Gasteiger partial charge in [-0.1, -0.05) is 20.8 Å². The van der Waals surface area contributed by atoms with Gasteiger partial charge >= 0.3 is 0 Å². The molecule has 1 aromatic rings. The zero-order valence-electron chi connectivity index (χ0n) is 6.96. The van der Waals surface area contributed by atoms with Gasteiger partial charge in [0.1, 0.15) is 0 Å². The standard InChI is InChI=1S/C8H11N2O/c1-8(2,3)7(11)10-6-4-5-9-10/h4-5H,1-3H3. The van der Waals surface area contributed by atoms with Crippen LogP contribution in [-0.4, -0.2) is 15.7 Å². The number of carbonyl (C=O) groups excluding carboxylic acids is 1. The molecule has 1 heterocycles. The zero-order chi connectivity index (χ0) is 8.48. The summed E-state index contributed by atoms with van der Waals surface area (Å²) in [5.41, 5.74) is -0.386. The predicted molar refractivity (Wildman–Crippen MR) is 41.1 cm³/mol. The fourth-order valence-electron chi connectivity index (χ4n) is 0.666. The summed E-state index contributed by atoms with van der Waals surface area (Å²) in [6, 6.07) is 1.61. The van der Waals surface area contributed by atoms with Gasteiger partial charge in [0.2, 0.25) is 0 Å². The van der Waals surface area contributed by atoms with Crippen LogP contribution in [0.25, 0.3) is 0 Å². The molecular formula is C8H11N2O. The fraction of sp³-hybridized carbons (Fsp3) is 0.500. The van der Waals surface area contributed by atoms with Gasteiger partial charge in [-0.2, -0.15) is 9.78 Å². The van der Waals surface area contributed by atoms with Gasteiger partial charge in [-0.15, -0.1) is 0 Å². The van der Waals surface area contributed by atoms with Crippen molar-refractivity contribution in [1.82, 2.24) is 9.78 Å². The summed E-state index contributed by atoms with van der Waals surface area (Å²) in [4.78, 5) is 11.4. The molecule has 0 spiro atoms. The van der Waals surface area contributed by atoms with Crippen molar-refractivity contribution in [1.29, 1.82) is 0 Å². The first-order valence-electron chi connectivity index (χ1n) is 3.48. The second kappa shape index (κ2) is 2.49. The third-order valence-electron chi connectivity index (χ3n) is 1.29. The van der Waals surface area contributed by atoms with E-state index < -0.39 is 0 Å². The first-order chi connectivity index (χ1) is 5.02. The van der Waals surface area contributed by atoms with Crippen LogP contribution in [0.15, 0.2) is 12.3 Å². The number of nitrogens with zero attached hydrogens (tertiary/aromatic N) is 2. The van der Waals surface area contributed by atoms with E-state index >= 15 is 0 Å². The van der Waals surface area contributed by atoms with Crippen molar-refractivity contribution in [3.8, 4) is 0 Å². The molecule has 0 aromatic carbocycles. The summed E-state index contributed by atoms with van der Waals surface area (Å²) in [7, 11) is 0. The molecule has 59 valence electrons. The first kappa shape index (κ1) is 7.98. The number of carbonyl (C=O) groups is 1. The molecule has 0 bridgehead atoms. The lowest BCUT2D eigenvalue weighted by Crippen LogP contribution is -2.27. The third kappa shape index (κ3) is 1.67. The summed E-state index contributed by atoms with van der Waals surface area (Å²) in [6.45, 7) is 5.56. The molecule has 0 amide bonds. The average Bonchev–Trinajstić information content (AvgIpc) is 2.34. The van der Waals surface area contributed by atoms with Crippen molar-refractivity contribution in [3.05, 3.63) is 18.5 Å². The zero-order valence-corrected chi connectivity index (χ0v) is 6.96. The predicted octanol–water partition coefficient (Wildman–Crippen LogP) is 1.37. The highest BCUT2D eigenvalue weighted by atomic mass is 16.2. The maximum absolute atomic E-state index is 11.4. The Labute approximate surface area is 66.0 Å². The van der Waals surface area contributed by atoms with Gasteiger partial charge in [-0.3, -0.25) is 4.79 Å². The van der Waals surface area contributed by atoms with Crippen molar-refractivity contribution < 1.29 is 4.79 Å². The molecule has 3 heteroatoms. The van der Waals surface area contributed by atoms with Gasteiger partial charge in [-0.05, 0) is 6.07 Å². The van der Waals surface area contributed by atoms with Gasteiger partial charge < -0.3 is 0 Å². The quantitative estimate of drug-likeness (QED) is 0.561. The second-order valence-corrected chi connectivity index (χ2v) is 3.43. The Morgan fingerprint density at radius 1 is 1.55 bits per heavy atom. The van der Waals surface area contributed by atoms with E-state index in [-0.39, 0.29) is 11.3 Å². The summed E-state index contributed by atoms with van der Waals surface area (Å²) < 4.78 is 1.24. The number of hydrogen-bond acceptors (Lipinski definition) is 2. The SMILES string of the molecule is CC(C)(C)C(=O)n1[c]ccn1. The normalized spacial score (nSPS) is 11.5. The maximum atomic E-state index is 11.4. The molecule has 1 radical (unpaired) electrons. The van der Waals surface area contributed by atoms with Crippen LogP contribution in [-0.2, 0) is 0 Å². The van der Waals surface area contributed by atoms with E-state index in [1.807, 2.05) is 20.8 Å². The van der Waals surface area contributed by atoms with Gasteiger partial charge in [0, 0.05) is 5.41 Å². The topological polar surface area (TPSA) is 34.9 Å². The summed E-state index contributed by atoms with van der Waals surface area (Å²) in [5.74, 6) is -0.0394. The number of aromatic nitrogens is 2. The summed E-state index contributed by atoms with van der Waals surface area (Å²) in [6.07, 6.45) is 4.24. The Kier molecular flexibility index (Phi) is 1.81. The van der Waals surface area contributed by atoms with Crippen LogP contribution in [0.3, 0.4) is 0 Å². The lowest BCUT2D eigenvalue weighted by molar-refractivity contribution is 0.0747. The lowest BCUT2D eigenvalue weighted by Gasteiger charge is -2.14. The Bertz CT molecular complexity index is 244. The van der Waals surface area contributed by atoms with Crippen LogP contribution < -0.4 is 0 Å². The van der Waals surface area contributed by atoms with Crippen LogP contribution in [0.2, 0.25) is 0 Å². The van der Waals surface area contributed by atoms with Crippen molar-refractivity contribution in [2.75, 3.05) is 0 Å². The van der Waals surface area contributed by atoms with Crippen molar-refractivity contribution in [2.45, 2.75) is 20.8 Å². The van der Waals surface area contributed by atoms with Gasteiger partial charge in [0.15, 0.2) is 0 Å². The van der Waals surface area contributed by atoms with Gasteiger partial charge in [0.05, 0.1) is 12.4 Å². The molecule has 0 aliphatic carbocycles. The van der Waals surface area contributed by atoms with E-state index in [1.54, 1.807) is 12.3 Å². The molecule has 0 aliphatic heterocycles. The van der Waals surface area contributed by atoms with E-state index in [4.69, 9.17) is 0 Å². The van der Waals surface area contributed by atoms with E-state index in [9.17, 15) is 4.79 Å². The molecule has 3 nitrogen and oxygen atoms in total. The molecule has 0 fully saturated rings. The van der Waals surface area contributed by atoms with E-state index in [2.05, 4.69) is 11.3 Å². The molecule has 0 saturated carbocycles. The largest absolute Gasteiger partial charge is 0.272 e. The van der Waals surface area contributed by atoms with Crippen LogP contribution in [0, 0.1) is 11.6 Å². The Balaban J connectivity index is 2.88. The third-order valence-corrected chi connectivity index (χ3v) is 1.29. The van der Waals surface area contributed by atoms with E-state index in [0.717, 1.165) is 0 Å². The minimum absolute atomic E-state index is 0.0394. The highest BCUT2D eigenvalue weighted by molar-refractivity contribution is 5.82. The minimum atomic E-state index is -0.386. The lowest BCUT2D eigenvalue weighted by atomic mass is 9.96. The summed E-state index contributed by atoms with van der Waals surface area (Å²) >= 11 is 0. The number of rotatable bonds is 0. The Hall–Kier alpha value is -1.12. The van der Waals surface area contributed by atoms with Crippen molar-refractivity contribution in [3.63, 3.8) is 0 Å². The number of hydrogen-bond donors (Lipinski definition) is 0. The Morgan fingerprint density at radius 3 is 2.55 bits per heavy atom. The molecule has 0 saturated heterocycles. The smallest absolute Gasteiger partial charge is 0.252 e. The van der Waals surface area contributed by atoms with Crippen LogP contribution in [0.4, 0.5) is 0 Å². The summed E-state index contributed by atoms with van der Waals surface area (Å²) in [5, 5.41) is 3.79. The average molecular weight is 151 g/mol. The van der Waals surface area contributed by atoms with Gasteiger partial charge in [-0.25, -0.2) is 0 Å². The molecule has 1 aromatic heterocycles. The minimum Gasteiger partial charge on any atom is -0.272 e. The van der Waals surface area contributed by atoms with Crippen LogP contribution in [0.1, 0.15) is 25.6 Å². The highest BCUT2D eigenvalue weighted by Gasteiger charge is 2.23. The molecular weight excluding hydrogens is 140 g/mol. The second-order valence-electron chi connectivity index (χ2n) is 3.43. The van der Waals surface area contributed by atoms with Crippen LogP contribution >= 0.6 is 0 Å².